The molecule has 6 heteroatoms. The first kappa shape index (κ1) is 14.3. The maximum absolute atomic E-state index is 12.4. The molecule has 6 nitrogen and oxygen atoms in total. The van der Waals surface area contributed by atoms with Crippen molar-refractivity contribution >= 4 is 23.3 Å². The fourth-order valence-corrected chi connectivity index (χ4v) is 2.64. The van der Waals surface area contributed by atoms with Gasteiger partial charge in [0.15, 0.2) is 5.82 Å². The Morgan fingerprint density at radius 2 is 2.18 bits per heavy atom. The molecule has 0 radical (unpaired) electrons. The predicted octanol–water partition coefficient (Wildman–Crippen LogP) is 2.29. The largest absolute Gasteiger partial charge is 0.360 e. The number of anilines is 2. The monoisotopic (exact) mass is 299 g/mol. The van der Waals surface area contributed by atoms with Crippen molar-refractivity contribution < 1.29 is 14.1 Å². The lowest BCUT2D eigenvalue weighted by Crippen LogP contribution is -2.37. The van der Waals surface area contributed by atoms with Crippen LogP contribution in [-0.2, 0) is 16.0 Å². The Morgan fingerprint density at radius 3 is 2.95 bits per heavy atom. The van der Waals surface area contributed by atoms with Crippen molar-refractivity contribution in [2.75, 3.05) is 16.8 Å². The number of carbonyl (C=O) groups is 2. The number of rotatable bonds is 3. The maximum Gasteiger partial charge on any atom is 0.236 e. The molecule has 0 atom stereocenters. The number of hydrogen-bond acceptors (Lipinski definition) is 4. The molecular weight excluding hydrogens is 282 g/mol. The molecule has 0 aliphatic carbocycles. The van der Waals surface area contributed by atoms with Crippen molar-refractivity contribution in [3.63, 3.8) is 0 Å². The normalized spacial score (nSPS) is 13.6. The van der Waals surface area contributed by atoms with E-state index >= 15 is 0 Å². The fraction of sp³-hybridized carbons (Fsp3) is 0.312. The second-order valence-corrected chi connectivity index (χ2v) is 5.33. The highest BCUT2D eigenvalue weighted by Crippen LogP contribution is 2.27. The van der Waals surface area contributed by atoms with Crippen LogP contribution in [0.2, 0.25) is 0 Å². The van der Waals surface area contributed by atoms with Crippen molar-refractivity contribution in [1.82, 2.24) is 5.16 Å². The minimum absolute atomic E-state index is 0.204. The van der Waals surface area contributed by atoms with Gasteiger partial charge in [-0.05, 0) is 31.4 Å². The highest BCUT2D eigenvalue weighted by atomic mass is 16.5. The molecule has 0 bridgehead atoms. The number of benzene rings is 1. The Labute approximate surface area is 128 Å². The van der Waals surface area contributed by atoms with Gasteiger partial charge in [-0.3, -0.25) is 9.59 Å². The molecule has 2 amide bonds. The van der Waals surface area contributed by atoms with Crippen molar-refractivity contribution in [2.45, 2.75) is 26.2 Å². The Morgan fingerprint density at radius 1 is 1.36 bits per heavy atom. The summed E-state index contributed by atoms with van der Waals surface area (Å²) in [6, 6.07) is 9.42. The third-order valence-electron chi connectivity index (χ3n) is 3.62. The van der Waals surface area contributed by atoms with Gasteiger partial charge in [0, 0.05) is 18.3 Å². The summed E-state index contributed by atoms with van der Waals surface area (Å²) in [5.74, 6) is 0.340. The molecule has 0 unspecified atom stereocenters. The van der Waals surface area contributed by atoms with Crippen molar-refractivity contribution in [2.24, 2.45) is 0 Å². The van der Waals surface area contributed by atoms with Gasteiger partial charge in [-0.15, -0.1) is 0 Å². The fourth-order valence-electron chi connectivity index (χ4n) is 2.64. The lowest BCUT2D eigenvalue weighted by molar-refractivity contribution is -0.125. The zero-order valence-electron chi connectivity index (χ0n) is 12.3. The van der Waals surface area contributed by atoms with Crippen LogP contribution >= 0.6 is 0 Å². The number of carbonyl (C=O) groups excluding carboxylic acids is 2. The van der Waals surface area contributed by atoms with Crippen molar-refractivity contribution in [3.8, 4) is 0 Å². The molecule has 1 aromatic carbocycles. The van der Waals surface area contributed by atoms with Crippen LogP contribution in [-0.4, -0.2) is 23.5 Å². The summed E-state index contributed by atoms with van der Waals surface area (Å²) in [5.41, 5.74) is 2.05. The summed E-state index contributed by atoms with van der Waals surface area (Å²) < 4.78 is 4.87. The van der Waals surface area contributed by atoms with Crippen molar-refractivity contribution in [1.29, 1.82) is 0 Å². The first-order valence-electron chi connectivity index (χ1n) is 7.25. The number of hydrogen-bond donors (Lipinski definition) is 1. The highest BCUT2D eigenvalue weighted by molar-refractivity contribution is 6.09. The van der Waals surface area contributed by atoms with Gasteiger partial charge in [0.2, 0.25) is 11.8 Å². The second kappa shape index (κ2) is 6.01. The molecule has 0 saturated heterocycles. The number of aryl methyl sites for hydroxylation is 2. The number of fused-ring (bicyclic) bond motifs is 1. The molecule has 1 aromatic heterocycles. The topological polar surface area (TPSA) is 75.4 Å². The second-order valence-electron chi connectivity index (χ2n) is 5.33. The highest BCUT2D eigenvalue weighted by Gasteiger charge is 2.24. The zero-order valence-corrected chi connectivity index (χ0v) is 12.3. The number of para-hydroxylation sites is 1. The summed E-state index contributed by atoms with van der Waals surface area (Å²) in [4.78, 5) is 26.0. The average Bonchev–Trinajstić information content (AvgIpc) is 2.91. The van der Waals surface area contributed by atoms with Gasteiger partial charge in [-0.1, -0.05) is 23.4 Å². The predicted molar refractivity (Wildman–Crippen MR) is 81.6 cm³/mol. The van der Waals surface area contributed by atoms with Gasteiger partial charge in [0.05, 0.1) is 0 Å². The third kappa shape index (κ3) is 3.00. The summed E-state index contributed by atoms with van der Waals surface area (Å²) >= 11 is 0. The number of aromatic nitrogens is 1. The van der Waals surface area contributed by atoms with Crippen LogP contribution in [0.5, 0.6) is 0 Å². The molecule has 1 aliphatic heterocycles. The minimum Gasteiger partial charge on any atom is -0.360 e. The Hall–Kier alpha value is -2.63. The van der Waals surface area contributed by atoms with E-state index in [0.29, 0.717) is 18.1 Å². The van der Waals surface area contributed by atoms with Gasteiger partial charge < -0.3 is 14.7 Å². The summed E-state index contributed by atoms with van der Waals surface area (Å²) in [6.45, 7) is 2.38. The van der Waals surface area contributed by atoms with Crippen LogP contribution < -0.4 is 10.2 Å². The van der Waals surface area contributed by atoms with Crippen LogP contribution in [0, 0.1) is 6.92 Å². The number of amides is 2. The van der Waals surface area contributed by atoms with E-state index < -0.39 is 0 Å². The molecular formula is C16H17N3O3. The summed E-state index contributed by atoms with van der Waals surface area (Å²) in [5, 5.41) is 6.25. The van der Waals surface area contributed by atoms with Crippen LogP contribution in [0.25, 0.3) is 0 Å². The van der Waals surface area contributed by atoms with E-state index in [1.54, 1.807) is 17.9 Å². The lowest BCUT2D eigenvalue weighted by atomic mass is 10.0. The van der Waals surface area contributed by atoms with E-state index in [9.17, 15) is 9.59 Å². The van der Waals surface area contributed by atoms with Gasteiger partial charge in [-0.25, -0.2) is 0 Å². The van der Waals surface area contributed by atoms with E-state index in [2.05, 4.69) is 10.5 Å². The quantitative estimate of drug-likeness (QED) is 0.882. The molecule has 2 aromatic rings. The number of nitrogens with one attached hydrogen (secondary N) is 1. The van der Waals surface area contributed by atoms with Gasteiger partial charge in [0.1, 0.15) is 12.2 Å². The molecule has 1 aliphatic rings. The number of nitrogens with zero attached hydrogens (tertiary/aromatic N) is 2. The first-order chi connectivity index (χ1) is 10.6. The maximum atomic E-state index is 12.4. The molecule has 0 fully saturated rings. The molecule has 0 saturated carbocycles. The Kier molecular flexibility index (Phi) is 3.91. The van der Waals surface area contributed by atoms with Crippen LogP contribution in [0.15, 0.2) is 34.9 Å². The van der Waals surface area contributed by atoms with Gasteiger partial charge >= 0.3 is 0 Å². The van der Waals surface area contributed by atoms with E-state index in [1.165, 1.54) is 0 Å². The Balaban J connectivity index is 1.66. The summed E-state index contributed by atoms with van der Waals surface area (Å²) in [6.07, 6.45) is 1.66. The molecule has 2 heterocycles. The van der Waals surface area contributed by atoms with E-state index in [-0.39, 0.29) is 18.2 Å². The van der Waals surface area contributed by atoms with Crippen LogP contribution in [0.3, 0.4) is 0 Å². The van der Waals surface area contributed by atoms with E-state index in [1.807, 2.05) is 24.3 Å². The standard InChI is InChI=1S/C16H17N3O3/c1-11-9-14(18-22-11)17-15(20)10-16(21)19-8-4-6-12-5-2-3-7-13(12)19/h2-3,5,7,9H,4,6,8,10H2,1H3,(H,17,18,20). The molecule has 0 spiro atoms. The van der Waals surface area contributed by atoms with Gasteiger partial charge in [0.25, 0.3) is 0 Å². The smallest absolute Gasteiger partial charge is 0.236 e. The van der Waals surface area contributed by atoms with Gasteiger partial charge in [-0.2, -0.15) is 0 Å². The molecule has 3 rings (SSSR count). The minimum atomic E-state index is -0.388. The molecule has 22 heavy (non-hydrogen) atoms. The summed E-state index contributed by atoms with van der Waals surface area (Å²) in [7, 11) is 0. The van der Waals surface area contributed by atoms with E-state index in [0.717, 1.165) is 24.1 Å². The first-order valence-corrected chi connectivity index (χ1v) is 7.25. The van der Waals surface area contributed by atoms with Crippen LogP contribution in [0.1, 0.15) is 24.2 Å². The zero-order chi connectivity index (χ0) is 15.5. The van der Waals surface area contributed by atoms with E-state index in [4.69, 9.17) is 4.52 Å². The SMILES string of the molecule is Cc1cc(NC(=O)CC(=O)N2CCCc3ccccc32)no1. The molecule has 114 valence electrons. The lowest BCUT2D eigenvalue weighted by Gasteiger charge is -2.29. The average molecular weight is 299 g/mol. The molecule has 1 N–H and O–H groups in total. The Bertz CT molecular complexity index is 708. The third-order valence-corrected chi connectivity index (χ3v) is 3.62. The van der Waals surface area contributed by atoms with Crippen molar-refractivity contribution in [3.05, 3.63) is 41.7 Å². The van der Waals surface area contributed by atoms with Crippen LogP contribution in [0.4, 0.5) is 11.5 Å².